The van der Waals surface area contributed by atoms with Crippen molar-refractivity contribution in [3.8, 4) is 5.69 Å². The predicted molar refractivity (Wildman–Crippen MR) is 135 cm³/mol. The Kier molecular flexibility index (Phi) is 6.96. The molecule has 38 heavy (non-hydrogen) atoms. The molecule has 12 heteroatoms. The number of nitrogens with one attached hydrogen (secondary N) is 3. The fourth-order valence-corrected chi connectivity index (χ4v) is 4.53. The number of halogens is 4. The Morgan fingerprint density at radius 1 is 1.11 bits per heavy atom. The topological polar surface area (TPSA) is 101 Å². The number of aromatic amines is 1. The second-order valence-electron chi connectivity index (χ2n) is 8.70. The zero-order valence-corrected chi connectivity index (χ0v) is 20.4. The molecule has 8 nitrogen and oxygen atoms in total. The largest absolute Gasteiger partial charge is 0.490 e. The van der Waals surface area contributed by atoms with Gasteiger partial charge in [-0.3, -0.25) is 4.98 Å². The molecule has 196 valence electrons. The van der Waals surface area contributed by atoms with Gasteiger partial charge in [0.1, 0.15) is 6.10 Å². The molecule has 0 unspecified atom stereocenters. The minimum absolute atomic E-state index is 0.193. The average molecular weight is 544 g/mol. The number of nitrogens with zero attached hydrogens (tertiary/aromatic N) is 2. The molecule has 0 radical (unpaired) electrons. The summed E-state index contributed by atoms with van der Waals surface area (Å²) >= 11 is 6.00. The zero-order valence-electron chi connectivity index (χ0n) is 19.6. The van der Waals surface area contributed by atoms with Gasteiger partial charge < -0.3 is 15.4 Å². The van der Waals surface area contributed by atoms with E-state index in [1.807, 2.05) is 24.3 Å². The number of esters is 1. The van der Waals surface area contributed by atoms with E-state index in [9.17, 15) is 22.8 Å². The lowest BCUT2D eigenvalue weighted by molar-refractivity contribution is -0.205. The quantitative estimate of drug-likeness (QED) is 0.289. The van der Waals surface area contributed by atoms with Gasteiger partial charge in [0.25, 0.3) is 0 Å². The third-order valence-corrected chi connectivity index (χ3v) is 6.32. The number of carbonyl (C=O) groups is 1. The van der Waals surface area contributed by atoms with E-state index in [2.05, 4.69) is 20.7 Å². The summed E-state index contributed by atoms with van der Waals surface area (Å²) in [7, 11) is 0. The van der Waals surface area contributed by atoms with Crippen LogP contribution in [0.3, 0.4) is 0 Å². The maximum Gasteiger partial charge on any atom is 0.490 e. The monoisotopic (exact) mass is 543 g/mol. The van der Waals surface area contributed by atoms with Crippen molar-refractivity contribution in [2.24, 2.45) is 0 Å². The minimum Gasteiger partial charge on any atom is -0.453 e. The summed E-state index contributed by atoms with van der Waals surface area (Å²) < 4.78 is 44.4. The van der Waals surface area contributed by atoms with Gasteiger partial charge in [-0.1, -0.05) is 54.1 Å². The van der Waals surface area contributed by atoms with Gasteiger partial charge in [0, 0.05) is 23.7 Å². The van der Waals surface area contributed by atoms with Crippen molar-refractivity contribution in [3.05, 3.63) is 105 Å². The second-order valence-corrected chi connectivity index (χ2v) is 9.13. The van der Waals surface area contributed by atoms with Crippen molar-refractivity contribution in [2.75, 3.05) is 5.32 Å². The summed E-state index contributed by atoms with van der Waals surface area (Å²) in [6, 6.07) is 20.5. The Morgan fingerprint density at radius 3 is 2.61 bits per heavy atom. The van der Waals surface area contributed by atoms with Crippen LogP contribution < -0.4 is 16.3 Å². The number of ether oxygens (including phenoxy) is 1. The van der Waals surface area contributed by atoms with E-state index < -0.39 is 30.0 Å². The first kappa shape index (κ1) is 25.6. The van der Waals surface area contributed by atoms with Crippen molar-refractivity contribution in [1.29, 1.82) is 0 Å². The molecule has 0 saturated carbocycles. The lowest BCUT2D eigenvalue weighted by atomic mass is 10.1. The fourth-order valence-electron chi connectivity index (χ4n) is 4.35. The number of rotatable bonds is 7. The van der Waals surface area contributed by atoms with Gasteiger partial charge in [0.2, 0.25) is 5.95 Å². The first-order valence-electron chi connectivity index (χ1n) is 11.6. The summed E-state index contributed by atoms with van der Waals surface area (Å²) in [5, 5.41) is 11.0. The first-order chi connectivity index (χ1) is 18.2. The molecule has 0 aliphatic heterocycles. The van der Waals surface area contributed by atoms with E-state index >= 15 is 0 Å². The van der Waals surface area contributed by atoms with E-state index in [0.29, 0.717) is 22.9 Å². The molecule has 0 saturated heterocycles. The van der Waals surface area contributed by atoms with Crippen molar-refractivity contribution < 1.29 is 22.7 Å². The van der Waals surface area contributed by atoms with E-state index in [1.54, 1.807) is 48.5 Å². The third-order valence-electron chi connectivity index (χ3n) is 6.09. The van der Waals surface area contributed by atoms with Crippen LogP contribution in [-0.2, 0) is 22.5 Å². The number of aromatic nitrogens is 3. The maximum atomic E-state index is 12.8. The van der Waals surface area contributed by atoms with Crippen LogP contribution in [0.5, 0.6) is 0 Å². The summed E-state index contributed by atoms with van der Waals surface area (Å²) in [5.74, 6) is -1.97. The molecule has 0 amide bonds. The van der Waals surface area contributed by atoms with E-state index in [-0.39, 0.29) is 12.4 Å². The molecule has 1 aromatic heterocycles. The van der Waals surface area contributed by atoms with Gasteiger partial charge in [-0.15, -0.1) is 5.10 Å². The smallest absolute Gasteiger partial charge is 0.453 e. The Bertz CT molecular complexity index is 1520. The van der Waals surface area contributed by atoms with Crippen LogP contribution in [0, 0.1) is 0 Å². The van der Waals surface area contributed by atoms with Crippen molar-refractivity contribution in [3.63, 3.8) is 0 Å². The molecule has 4 aromatic rings. The number of H-pyrrole nitrogens is 1. The van der Waals surface area contributed by atoms with Crippen molar-refractivity contribution in [1.82, 2.24) is 20.1 Å². The molecule has 1 heterocycles. The van der Waals surface area contributed by atoms with Crippen LogP contribution in [0.15, 0.2) is 77.6 Å². The highest BCUT2D eigenvalue weighted by molar-refractivity contribution is 6.30. The highest BCUT2D eigenvalue weighted by atomic mass is 35.5. The number of hydrogen-bond acceptors (Lipinski definition) is 6. The Morgan fingerprint density at radius 2 is 1.87 bits per heavy atom. The number of fused-ring (bicyclic) bond motifs is 1. The Labute approximate surface area is 219 Å². The van der Waals surface area contributed by atoms with Crippen LogP contribution >= 0.6 is 11.6 Å². The number of anilines is 2. The molecule has 5 rings (SSSR count). The lowest BCUT2D eigenvalue weighted by Crippen LogP contribution is -2.36. The van der Waals surface area contributed by atoms with Gasteiger partial charge in [0.05, 0.1) is 11.7 Å². The van der Waals surface area contributed by atoms with Crippen molar-refractivity contribution >= 4 is 29.2 Å². The summed E-state index contributed by atoms with van der Waals surface area (Å²) in [5.41, 5.74) is 3.21. The van der Waals surface area contributed by atoms with Crippen LogP contribution in [-0.4, -0.2) is 33.0 Å². The minimum atomic E-state index is -5.06. The number of hydrogen-bond donors (Lipinski definition) is 3. The van der Waals surface area contributed by atoms with Crippen LogP contribution in [0.1, 0.15) is 22.7 Å². The molecule has 1 aliphatic carbocycles. The lowest BCUT2D eigenvalue weighted by Gasteiger charge is -2.23. The van der Waals surface area contributed by atoms with Crippen LogP contribution in [0.2, 0.25) is 5.02 Å². The molecular weight excluding hydrogens is 523 g/mol. The highest BCUT2D eigenvalue weighted by Crippen LogP contribution is 2.35. The number of benzene rings is 3. The van der Waals surface area contributed by atoms with Crippen molar-refractivity contribution in [2.45, 2.75) is 31.3 Å². The molecule has 3 N–H and O–H groups in total. The van der Waals surface area contributed by atoms with Crippen LogP contribution in [0.4, 0.5) is 24.8 Å². The molecule has 1 aliphatic rings. The first-order valence-corrected chi connectivity index (χ1v) is 12.0. The average Bonchev–Trinajstić information content (AvgIpc) is 3.42. The van der Waals surface area contributed by atoms with E-state index in [1.165, 1.54) is 4.68 Å². The molecule has 3 aromatic carbocycles. The number of carbonyl (C=O) groups excluding carboxylic acids is 1. The summed E-state index contributed by atoms with van der Waals surface area (Å²) in [6.45, 7) is 0.319. The normalized spacial score (nSPS) is 16.7. The highest BCUT2D eigenvalue weighted by Gasteiger charge is 2.45. The molecule has 0 bridgehead atoms. The molecular formula is C26H21ClF3N5O3. The maximum absolute atomic E-state index is 12.8. The second kappa shape index (κ2) is 10.3. The van der Waals surface area contributed by atoms with Crippen LogP contribution in [0.25, 0.3) is 5.69 Å². The standard InChI is InChI=1S/C26H21ClF3N5O3/c27-17-5-3-6-19(13-17)35-25(37)33-24(34-35)32-18-10-8-15(9-11-18)14-31-22-20-7-2-1-4-16(20)12-21(22)38-23(36)26(28,29)30/h1-11,13,21-22,31H,12,14H2,(H2,32,33,34,37)/t21-,22+/m0/s1. The zero-order chi connectivity index (χ0) is 26.9. The molecule has 0 spiro atoms. The fraction of sp³-hybridized carbons (Fsp3) is 0.192. The SMILES string of the molecule is O=C(O[C@H]1Cc2ccccc2[C@H]1NCc1ccc(Nc2nn(-c3cccc(Cl)c3)c(=O)[nH]2)cc1)C(F)(F)F. The molecule has 2 atom stereocenters. The van der Waals surface area contributed by atoms with E-state index in [0.717, 1.165) is 16.7 Å². The Hall–Kier alpha value is -4.09. The number of alkyl halides is 3. The predicted octanol–water partition coefficient (Wildman–Crippen LogP) is 4.82. The Balaban J connectivity index is 1.25. The van der Waals surface area contributed by atoms with Gasteiger partial charge in [-0.2, -0.15) is 17.9 Å². The van der Waals surface area contributed by atoms with E-state index in [4.69, 9.17) is 16.3 Å². The molecule has 0 fully saturated rings. The van der Waals surface area contributed by atoms with Gasteiger partial charge in [0.15, 0.2) is 0 Å². The van der Waals surface area contributed by atoms with Gasteiger partial charge >= 0.3 is 17.8 Å². The third kappa shape index (κ3) is 5.58. The van der Waals surface area contributed by atoms with Gasteiger partial charge in [-0.05, 0) is 47.0 Å². The summed E-state index contributed by atoms with van der Waals surface area (Å²) in [6.07, 6.45) is -5.84. The summed E-state index contributed by atoms with van der Waals surface area (Å²) in [4.78, 5) is 26.4. The van der Waals surface area contributed by atoms with Gasteiger partial charge in [-0.25, -0.2) is 9.59 Å².